The molecule has 1 radical (unpaired) electrons. The number of hydrogen-bond acceptors (Lipinski definition) is 1. The van der Waals surface area contributed by atoms with Crippen LogP contribution in [0.5, 0.6) is 0 Å². The quantitative estimate of drug-likeness (QED) is 0.570. The minimum absolute atomic E-state index is 0.110. The molecule has 1 aliphatic carbocycles. The van der Waals surface area contributed by atoms with Crippen molar-refractivity contribution in [1.29, 1.82) is 5.26 Å². The van der Waals surface area contributed by atoms with E-state index in [-0.39, 0.29) is 5.57 Å². The molecule has 0 saturated carbocycles. The number of nitrogens with zero attached hydrogens (tertiary/aromatic N) is 1. The third-order valence-electron chi connectivity index (χ3n) is 4.03. The Morgan fingerprint density at radius 3 is 1.96 bits per heavy atom. The highest BCUT2D eigenvalue weighted by Gasteiger charge is 2.81. The Kier molecular flexibility index (Phi) is 4.92. The molecule has 0 amide bonds. The topological polar surface area (TPSA) is 23.8 Å². The summed E-state index contributed by atoms with van der Waals surface area (Å²) in [6, 6.07) is 5.73. The Bertz CT molecular complexity index is 780. The fourth-order valence-corrected chi connectivity index (χ4v) is 3.37. The van der Waals surface area contributed by atoms with Gasteiger partial charge >= 0.3 is 18.0 Å². The van der Waals surface area contributed by atoms with Gasteiger partial charge in [-0.25, -0.2) is 4.39 Å². The maximum Gasteiger partial charge on any atom is 0.433 e. The summed E-state index contributed by atoms with van der Waals surface area (Å²) in [5.74, 6) is 0. The van der Waals surface area contributed by atoms with Gasteiger partial charge in [0.15, 0.2) is 0 Å². The fraction of sp³-hybridized carbons (Fsp3) is 0.294. The van der Waals surface area contributed by atoms with Gasteiger partial charge in [-0.1, -0.05) is 47.5 Å². The molecular weight excluding hydrogens is 387 g/mol. The summed E-state index contributed by atoms with van der Waals surface area (Å²) in [6.07, 6.45) is -10.7. The van der Waals surface area contributed by atoms with Gasteiger partial charge in [0.1, 0.15) is 0 Å². The first kappa shape index (κ1) is 20.3. The Morgan fingerprint density at radius 2 is 1.50 bits per heavy atom. The highest BCUT2D eigenvalue weighted by atomic mass is 35.5. The van der Waals surface area contributed by atoms with Crippen molar-refractivity contribution in [2.24, 2.45) is 0 Å². The SMILES string of the molecule is CC1=CC(c2ccccc2C#N)(C(F)(C(F)(F)F)C(F)(F)F)C=C(Cl)[CH]1. The molecule has 1 nitrogen and oxygen atoms in total. The first-order chi connectivity index (χ1) is 11.8. The average molecular weight is 397 g/mol. The summed E-state index contributed by atoms with van der Waals surface area (Å²) in [5, 5.41) is 8.64. The van der Waals surface area contributed by atoms with Crippen molar-refractivity contribution in [3.8, 4) is 6.07 Å². The molecule has 1 unspecified atom stereocenters. The van der Waals surface area contributed by atoms with Gasteiger partial charge in [-0.2, -0.15) is 31.6 Å². The van der Waals surface area contributed by atoms with E-state index in [0.717, 1.165) is 24.6 Å². The number of allylic oxidation sites excluding steroid dienone is 4. The number of alkyl halides is 7. The molecule has 0 aliphatic heterocycles. The lowest BCUT2D eigenvalue weighted by molar-refractivity contribution is -0.354. The molecule has 0 saturated heterocycles. The number of hydrogen-bond donors (Lipinski definition) is 0. The second kappa shape index (κ2) is 6.31. The highest BCUT2D eigenvalue weighted by Crippen LogP contribution is 2.60. The summed E-state index contributed by atoms with van der Waals surface area (Å²) in [4.78, 5) is 0. The fourth-order valence-electron chi connectivity index (χ4n) is 3.03. The lowest BCUT2D eigenvalue weighted by Crippen LogP contribution is -2.65. The molecule has 26 heavy (non-hydrogen) atoms. The average Bonchev–Trinajstić information content (AvgIpc) is 2.50. The smallest absolute Gasteiger partial charge is 0.222 e. The molecule has 139 valence electrons. The zero-order valence-electron chi connectivity index (χ0n) is 13.0. The normalized spacial score (nSPS) is 21.7. The molecule has 2 rings (SSSR count). The second-order valence-electron chi connectivity index (χ2n) is 5.74. The van der Waals surface area contributed by atoms with Crippen LogP contribution in [0.2, 0.25) is 0 Å². The predicted molar refractivity (Wildman–Crippen MR) is 80.8 cm³/mol. The number of rotatable bonds is 2. The predicted octanol–water partition coefficient (Wildman–Crippen LogP) is 5.92. The molecule has 1 aliphatic rings. The van der Waals surface area contributed by atoms with Crippen LogP contribution in [0.15, 0.2) is 47.0 Å². The van der Waals surface area contributed by atoms with Gasteiger partial charge in [-0.3, -0.25) is 0 Å². The Hall–Kier alpha value is -2.01. The van der Waals surface area contributed by atoms with Gasteiger partial charge in [-0.05, 0) is 18.6 Å². The number of halogens is 8. The van der Waals surface area contributed by atoms with Gasteiger partial charge in [0.25, 0.3) is 0 Å². The standard InChI is InChI=1S/C17H10ClF7N/c1-10-6-12(18)8-14(7-10,13-5-3-2-4-11(13)9-26)15(19,16(20,21)22)17(23,24)25/h2-8H,1H3. The van der Waals surface area contributed by atoms with E-state index in [9.17, 15) is 26.3 Å². The van der Waals surface area contributed by atoms with E-state index in [1.807, 2.05) is 0 Å². The van der Waals surface area contributed by atoms with E-state index >= 15 is 4.39 Å². The van der Waals surface area contributed by atoms with Crippen LogP contribution in [0.25, 0.3) is 0 Å². The molecule has 1 aromatic carbocycles. The molecule has 1 aromatic rings. The molecular formula is C17H10ClF7N. The zero-order valence-corrected chi connectivity index (χ0v) is 13.8. The van der Waals surface area contributed by atoms with Crippen molar-refractivity contribution in [3.05, 3.63) is 64.6 Å². The molecule has 0 aromatic heterocycles. The molecule has 1 atom stereocenters. The first-order valence-corrected chi connectivity index (χ1v) is 7.42. The lowest BCUT2D eigenvalue weighted by atomic mass is 9.63. The Morgan fingerprint density at radius 1 is 0.962 bits per heavy atom. The molecule has 0 bridgehead atoms. The van der Waals surface area contributed by atoms with Crippen LogP contribution in [0.4, 0.5) is 30.7 Å². The van der Waals surface area contributed by atoms with Crippen molar-refractivity contribution in [2.75, 3.05) is 0 Å². The van der Waals surface area contributed by atoms with E-state index in [1.165, 1.54) is 19.1 Å². The van der Waals surface area contributed by atoms with Crippen molar-refractivity contribution in [2.45, 2.75) is 30.4 Å². The summed E-state index contributed by atoms with van der Waals surface area (Å²) >= 11 is 5.73. The zero-order chi connectivity index (χ0) is 20.0. The van der Waals surface area contributed by atoms with Gasteiger partial charge in [0, 0.05) is 11.5 Å². The van der Waals surface area contributed by atoms with Gasteiger partial charge in [-0.15, -0.1) is 0 Å². The highest BCUT2D eigenvalue weighted by molar-refractivity contribution is 6.31. The van der Waals surface area contributed by atoms with Crippen LogP contribution >= 0.6 is 11.6 Å². The molecule has 0 heterocycles. The lowest BCUT2D eigenvalue weighted by Gasteiger charge is -2.45. The summed E-state index contributed by atoms with van der Waals surface area (Å²) in [7, 11) is 0. The van der Waals surface area contributed by atoms with Crippen molar-refractivity contribution < 1.29 is 30.7 Å². The first-order valence-electron chi connectivity index (χ1n) is 7.04. The minimum atomic E-state index is -6.34. The largest absolute Gasteiger partial charge is 0.433 e. The van der Waals surface area contributed by atoms with Crippen LogP contribution in [0.1, 0.15) is 18.1 Å². The number of benzene rings is 1. The molecule has 0 N–H and O–H groups in total. The maximum absolute atomic E-state index is 15.2. The van der Waals surface area contributed by atoms with Crippen molar-refractivity contribution in [3.63, 3.8) is 0 Å². The monoisotopic (exact) mass is 396 g/mol. The van der Waals surface area contributed by atoms with Crippen LogP contribution in [0.3, 0.4) is 0 Å². The van der Waals surface area contributed by atoms with E-state index in [0.29, 0.717) is 12.2 Å². The van der Waals surface area contributed by atoms with Crippen molar-refractivity contribution in [1.82, 2.24) is 0 Å². The van der Waals surface area contributed by atoms with Crippen LogP contribution < -0.4 is 0 Å². The number of nitriles is 1. The van der Waals surface area contributed by atoms with Crippen molar-refractivity contribution >= 4 is 11.6 Å². The van der Waals surface area contributed by atoms with E-state index in [1.54, 1.807) is 0 Å². The van der Waals surface area contributed by atoms with E-state index in [2.05, 4.69) is 0 Å². The van der Waals surface area contributed by atoms with Gasteiger partial charge in [0.2, 0.25) is 0 Å². The van der Waals surface area contributed by atoms with E-state index < -0.39 is 39.6 Å². The summed E-state index contributed by atoms with van der Waals surface area (Å²) < 4.78 is 96.3. The second-order valence-corrected chi connectivity index (χ2v) is 6.18. The maximum atomic E-state index is 15.2. The molecule has 9 heteroatoms. The van der Waals surface area contributed by atoms with Crippen LogP contribution in [-0.2, 0) is 5.41 Å². The Labute approximate surface area is 149 Å². The third kappa shape index (κ3) is 2.88. The van der Waals surface area contributed by atoms with Crippen LogP contribution in [0, 0.1) is 17.8 Å². The van der Waals surface area contributed by atoms with E-state index in [4.69, 9.17) is 16.9 Å². The summed E-state index contributed by atoms with van der Waals surface area (Å²) in [6.45, 7) is 1.19. The molecule has 0 spiro atoms. The molecule has 0 fully saturated rings. The minimum Gasteiger partial charge on any atom is -0.222 e. The van der Waals surface area contributed by atoms with Crippen LogP contribution in [-0.4, -0.2) is 18.0 Å². The van der Waals surface area contributed by atoms with Gasteiger partial charge < -0.3 is 0 Å². The van der Waals surface area contributed by atoms with Gasteiger partial charge in [0.05, 0.1) is 17.0 Å². The Balaban J connectivity index is 3.05. The summed E-state index contributed by atoms with van der Waals surface area (Å²) in [5.41, 5.74) is -10.5. The third-order valence-corrected chi connectivity index (χ3v) is 4.25.